The van der Waals surface area contributed by atoms with Crippen LogP contribution in [0.2, 0.25) is 0 Å². The molecule has 2 rings (SSSR count). The third-order valence-corrected chi connectivity index (χ3v) is 4.53. The van der Waals surface area contributed by atoms with Crippen LogP contribution < -0.4 is 26.9 Å². The molecule has 6 nitrogen and oxygen atoms in total. The number of anilines is 1. The molecule has 0 heterocycles. The monoisotopic (exact) mass is 375 g/mol. The number of allylic oxidation sites excluding steroid dienone is 2. The van der Waals surface area contributed by atoms with E-state index in [4.69, 9.17) is 16.7 Å². The fraction of sp³-hybridized carbons (Fsp3) is 0.450. The largest absolute Gasteiger partial charge is 0.408 e. The molecule has 1 aliphatic carbocycles. The van der Waals surface area contributed by atoms with Gasteiger partial charge >= 0.3 is 0 Å². The summed E-state index contributed by atoms with van der Waals surface area (Å²) in [4.78, 5) is 9.33. The number of rotatable bonds is 6. The molecule has 0 unspecified atom stereocenters. The van der Waals surface area contributed by atoms with Crippen LogP contribution in [-0.4, -0.2) is 11.9 Å². The maximum Gasteiger partial charge on any atom is 0.182 e. The molecule has 1 saturated carbocycles. The van der Waals surface area contributed by atoms with Crippen molar-refractivity contribution in [3.63, 3.8) is 0 Å². The van der Waals surface area contributed by atoms with E-state index in [0.29, 0.717) is 23.3 Å². The standard InChI is InChI=1S/C20H30FN5O/c1-14(2)24-20(25-16-8-6-4-5-7-9-16)12-15(3)26(22)17-10-11-19(27-23)18(21)13-17/h10-13,16H,1,4-9,22-23H2,2-3H3,(H,24,25)/b15-12+. The van der Waals surface area contributed by atoms with Crippen molar-refractivity contribution in [2.75, 3.05) is 5.01 Å². The van der Waals surface area contributed by atoms with Crippen molar-refractivity contribution in [2.24, 2.45) is 16.7 Å². The molecule has 1 fully saturated rings. The lowest BCUT2D eigenvalue weighted by Crippen LogP contribution is -2.31. The zero-order chi connectivity index (χ0) is 19.8. The quantitative estimate of drug-likeness (QED) is 0.231. The zero-order valence-corrected chi connectivity index (χ0v) is 16.2. The zero-order valence-electron chi connectivity index (χ0n) is 16.2. The van der Waals surface area contributed by atoms with Crippen molar-refractivity contribution < 1.29 is 9.23 Å². The van der Waals surface area contributed by atoms with Gasteiger partial charge in [0.05, 0.1) is 11.7 Å². The average molecular weight is 375 g/mol. The molecule has 0 atom stereocenters. The molecule has 7 heteroatoms. The SMILES string of the molecule is C=C(C)NC(/C=C(\C)N(N)c1ccc(ON)c(F)c1)=NC1CCCCCC1. The Bertz CT molecular complexity index is 708. The topological polar surface area (TPSA) is 88.9 Å². The van der Waals surface area contributed by atoms with Crippen LogP contribution in [0.15, 0.2) is 47.2 Å². The van der Waals surface area contributed by atoms with Gasteiger partial charge in [-0.05, 0) is 38.8 Å². The first-order chi connectivity index (χ1) is 12.9. The van der Waals surface area contributed by atoms with Gasteiger partial charge < -0.3 is 10.2 Å². The van der Waals surface area contributed by atoms with Crippen LogP contribution in [0.3, 0.4) is 0 Å². The van der Waals surface area contributed by atoms with Crippen LogP contribution >= 0.6 is 0 Å². The predicted octanol–water partition coefficient (Wildman–Crippen LogP) is 3.91. The van der Waals surface area contributed by atoms with Crippen LogP contribution in [0, 0.1) is 5.82 Å². The first-order valence-corrected chi connectivity index (χ1v) is 9.30. The molecule has 0 aromatic heterocycles. The number of nitrogens with zero attached hydrogens (tertiary/aromatic N) is 2. The third kappa shape index (κ3) is 6.37. The van der Waals surface area contributed by atoms with Crippen molar-refractivity contribution in [1.29, 1.82) is 0 Å². The van der Waals surface area contributed by atoms with Crippen molar-refractivity contribution in [3.8, 4) is 5.75 Å². The van der Waals surface area contributed by atoms with E-state index in [1.807, 2.05) is 19.9 Å². The summed E-state index contributed by atoms with van der Waals surface area (Å²) in [6.45, 7) is 7.63. The Morgan fingerprint density at radius 3 is 2.52 bits per heavy atom. The van der Waals surface area contributed by atoms with Gasteiger partial charge in [-0.3, -0.25) is 10.0 Å². The lowest BCUT2D eigenvalue weighted by molar-refractivity contribution is 0.316. The molecule has 0 radical (unpaired) electrons. The Balaban J connectivity index is 2.22. The highest BCUT2D eigenvalue weighted by atomic mass is 19.1. The van der Waals surface area contributed by atoms with E-state index in [9.17, 15) is 4.39 Å². The number of hydrazine groups is 1. The first-order valence-electron chi connectivity index (χ1n) is 9.30. The lowest BCUT2D eigenvalue weighted by Gasteiger charge is -2.21. The second-order valence-corrected chi connectivity index (χ2v) is 6.95. The minimum atomic E-state index is -0.578. The summed E-state index contributed by atoms with van der Waals surface area (Å²) in [5.74, 6) is 11.3. The third-order valence-electron chi connectivity index (χ3n) is 4.53. The summed E-state index contributed by atoms with van der Waals surface area (Å²) in [6.07, 6.45) is 8.98. The number of nitrogens with two attached hydrogens (primary N) is 2. The Morgan fingerprint density at radius 2 is 1.96 bits per heavy atom. The summed E-state index contributed by atoms with van der Waals surface area (Å²) in [6, 6.07) is 4.64. The first kappa shape index (κ1) is 20.9. The van der Waals surface area contributed by atoms with Crippen molar-refractivity contribution in [3.05, 3.63) is 48.1 Å². The van der Waals surface area contributed by atoms with Crippen LogP contribution in [0.5, 0.6) is 5.75 Å². The fourth-order valence-corrected chi connectivity index (χ4v) is 3.11. The minimum Gasteiger partial charge on any atom is -0.408 e. The smallest absolute Gasteiger partial charge is 0.182 e. The van der Waals surface area contributed by atoms with E-state index in [1.54, 1.807) is 6.07 Å². The van der Waals surface area contributed by atoms with Crippen molar-refractivity contribution in [1.82, 2.24) is 5.32 Å². The number of amidine groups is 1. The normalized spacial score (nSPS) is 16.6. The van der Waals surface area contributed by atoms with E-state index in [2.05, 4.69) is 16.7 Å². The molecule has 1 aromatic carbocycles. The van der Waals surface area contributed by atoms with E-state index in [1.165, 1.54) is 42.8 Å². The van der Waals surface area contributed by atoms with Gasteiger partial charge in [0, 0.05) is 23.5 Å². The maximum absolute atomic E-state index is 13.9. The molecule has 0 saturated heterocycles. The van der Waals surface area contributed by atoms with E-state index in [-0.39, 0.29) is 5.75 Å². The minimum absolute atomic E-state index is 0.0339. The molecular weight excluding hydrogens is 345 g/mol. The number of aliphatic imine (C=N–C) groups is 1. The fourth-order valence-electron chi connectivity index (χ4n) is 3.11. The van der Waals surface area contributed by atoms with Gasteiger partial charge in [-0.2, -0.15) is 5.90 Å². The van der Waals surface area contributed by atoms with Gasteiger partial charge in [-0.15, -0.1) is 0 Å². The Morgan fingerprint density at radius 1 is 1.30 bits per heavy atom. The molecule has 0 aliphatic heterocycles. The summed E-state index contributed by atoms with van der Waals surface area (Å²) < 4.78 is 13.9. The number of benzene rings is 1. The number of halogens is 1. The van der Waals surface area contributed by atoms with E-state index in [0.717, 1.165) is 18.5 Å². The number of hydrogen-bond donors (Lipinski definition) is 3. The highest BCUT2D eigenvalue weighted by Crippen LogP contribution is 2.24. The molecule has 0 bridgehead atoms. The predicted molar refractivity (Wildman–Crippen MR) is 109 cm³/mol. The van der Waals surface area contributed by atoms with Crippen molar-refractivity contribution >= 4 is 11.5 Å². The summed E-state index contributed by atoms with van der Waals surface area (Å²) in [7, 11) is 0. The van der Waals surface area contributed by atoms with Crippen molar-refractivity contribution in [2.45, 2.75) is 58.4 Å². The molecule has 0 spiro atoms. The molecule has 5 N–H and O–H groups in total. The van der Waals surface area contributed by atoms with Gasteiger partial charge in [0.15, 0.2) is 11.6 Å². The highest BCUT2D eigenvalue weighted by Gasteiger charge is 2.13. The van der Waals surface area contributed by atoms with Crippen LogP contribution in [0.1, 0.15) is 52.4 Å². The summed E-state index contributed by atoms with van der Waals surface area (Å²) in [5, 5.41) is 4.60. The van der Waals surface area contributed by atoms with Gasteiger partial charge in [-0.1, -0.05) is 32.3 Å². The highest BCUT2D eigenvalue weighted by molar-refractivity contribution is 5.95. The van der Waals surface area contributed by atoms with Gasteiger partial charge in [-0.25, -0.2) is 10.2 Å². The van der Waals surface area contributed by atoms with Crippen LogP contribution in [0.4, 0.5) is 10.1 Å². The lowest BCUT2D eigenvalue weighted by atomic mass is 10.1. The van der Waals surface area contributed by atoms with Gasteiger partial charge in [0.2, 0.25) is 0 Å². The van der Waals surface area contributed by atoms with E-state index < -0.39 is 5.82 Å². The van der Waals surface area contributed by atoms with E-state index >= 15 is 0 Å². The number of nitrogens with one attached hydrogen (secondary N) is 1. The number of hydrogen-bond acceptors (Lipinski definition) is 5. The Kier molecular flexibility index (Phi) is 7.82. The van der Waals surface area contributed by atoms with Crippen LogP contribution in [0.25, 0.3) is 0 Å². The average Bonchev–Trinajstić information content (AvgIpc) is 2.89. The Hall–Kier alpha value is -2.38. The Labute approximate surface area is 160 Å². The summed E-state index contributed by atoms with van der Waals surface area (Å²) in [5.41, 5.74) is 1.98. The molecular formula is C20H30FN5O. The maximum atomic E-state index is 13.9. The molecule has 27 heavy (non-hydrogen) atoms. The van der Waals surface area contributed by atoms with Gasteiger partial charge in [0.1, 0.15) is 5.84 Å². The van der Waals surface area contributed by atoms with Crippen LogP contribution in [-0.2, 0) is 0 Å². The second-order valence-electron chi connectivity index (χ2n) is 6.95. The molecule has 1 aromatic rings. The molecule has 0 amide bonds. The molecule has 148 valence electrons. The van der Waals surface area contributed by atoms with Gasteiger partial charge in [0.25, 0.3) is 0 Å². The molecule has 1 aliphatic rings. The second kappa shape index (κ2) is 10.1. The summed E-state index contributed by atoms with van der Waals surface area (Å²) >= 11 is 0.